The van der Waals surface area contributed by atoms with E-state index in [0.717, 1.165) is 26.1 Å². The predicted octanol–water partition coefficient (Wildman–Crippen LogP) is 3.26. The molecule has 19 heavy (non-hydrogen) atoms. The molecule has 1 fully saturated rings. The van der Waals surface area contributed by atoms with Crippen LogP contribution in [0.15, 0.2) is 18.2 Å². The molecule has 0 aliphatic carbocycles. The quantitative estimate of drug-likeness (QED) is 0.918. The summed E-state index contributed by atoms with van der Waals surface area (Å²) in [6.07, 6.45) is 2.86. The van der Waals surface area contributed by atoms with E-state index in [9.17, 15) is 9.50 Å². The molecule has 1 aromatic rings. The number of hydrogen-bond donors (Lipinski definition) is 1. The third-order valence-electron chi connectivity index (χ3n) is 3.85. The number of piperidine rings is 1. The fraction of sp³-hybridized carbons (Fsp3) is 0.600. The Morgan fingerprint density at radius 2 is 2.05 bits per heavy atom. The number of hydrogen-bond acceptors (Lipinski definition) is 2. The third kappa shape index (κ3) is 3.91. The van der Waals surface area contributed by atoms with Crippen LogP contribution >= 0.6 is 11.6 Å². The van der Waals surface area contributed by atoms with E-state index in [2.05, 4.69) is 11.8 Å². The minimum absolute atomic E-state index is 0.284. The van der Waals surface area contributed by atoms with Crippen molar-refractivity contribution in [2.45, 2.75) is 38.2 Å². The van der Waals surface area contributed by atoms with Gasteiger partial charge in [0.2, 0.25) is 0 Å². The van der Waals surface area contributed by atoms with Crippen molar-refractivity contribution in [3.8, 4) is 0 Å². The molecule has 0 bridgehead atoms. The maximum Gasteiger partial charge on any atom is 0.126 e. The van der Waals surface area contributed by atoms with Crippen LogP contribution in [0.2, 0.25) is 5.02 Å². The third-order valence-corrected chi connectivity index (χ3v) is 4.09. The van der Waals surface area contributed by atoms with E-state index in [-0.39, 0.29) is 5.82 Å². The second kappa shape index (κ2) is 6.21. The van der Waals surface area contributed by atoms with Gasteiger partial charge in [-0.05, 0) is 49.6 Å². The van der Waals surface area contributed by atoms with Crippen molar-refractivity contribution in [1.29, 1.82) is 0 Å². The van der Waals surface area contributed by atoms with Crippen molar-refractivity contribution < 1.29 is 9.50 Å². The summed E-state index contributed by atoms with van der Waals surface area (Å²) in [5, 5.41) is 11.1. The summed E-state index contributed by atoms with van der Waals surface area (Å²) < 4.78 is 13.7. The monoisotopic (exact) mass is 285 g/mol. The summed E-state index contributed by atoms with van der Waals surface area (Å²) in [6.45, 7) is 4.99. The Balaban J connectivity index is 2.00. The molecule has 2 nitrogen and oxygen atoms in total. The molecule has 1 aliphatic heterocycles. The normalized spacial score (nSPS) is 19.6. The molecule has 0 saturated carbocycles. The highest BCUT2D eigenvalue weighted by Gasteiger charge is 2.32. The van der Waals surface area contributed by atoms with E-state index in [0.29, 0.717) is 29.8 Å². The smallest absolute Gasteiger partial charge is 0.126 e. The van der Waals surface area contributed by atoms with Gasteiger partial charge in [0.25, 0.3) is 0 Å². The minimum atomic E-state index is -0.796. The van der Waals surface area contributed by atoms with Gasteiger partial charge in [-0.2, -0.15) is 0 Å². The van der Waals surface area contributed by atoms with Gasteiger partial charge in [0.05, 0.1) is 5.60 Å². The Kier molecular flexibility index (Phi) is 4.82. The van der Waals surface area contributed by atoms with Crippen LogP contribution in [0.1, 0.15) is 31.7 Å². The highest BCUT2D eigenvalue weighted by atomic mass is 35.5. The fourth-order valence-corrected chi connectivity index (χ4v) is 2.91. The average Bonchev–Trinajstić information content (AvgIpc) is 2.37. The number of aliphatic hydroxyl groups is 1. The van der Waals surface area contributed by atoms with E-state index >= 15 is 0 Å². The van der Waals surface area contributed by atoms with Crippen molar-refractivity contribution in [3.63, 3.8) is 0 Å². The van der Waals surface area contributed by atoms with Gasteiger partial charge >= 0.3 is 0 Å². The van der Waals surface area contributed by atoms with Crippen molar-refractivity contribution in [2.24, 2.45) is 0 Å². The van der Waals surface area contributed by atoms with Gasteiger partial charge in [0.15, 0.2) is 0 Å². The van der Waals surface area contributed by atoms with Gasteiger partial charge in [0, 0.05) is 24.5 Å². The second-order valence-corrected chi connectivity index (χ2v) is 5.91. The average molecular weight is 286 g/mol. The molecular formula is C15H21ClFNO. The molecule has 0 aromatic heterocycles. The molecule has 1 heterocycles. The molecule has 106 valence electrons. The standard InChI is InChI=1S/C15H21ClFNO/c1-2-7-18-8-5-15(19,6-9-18)11-12-10-13(16)3-4-14(12)17/h3-4,10,19H,2,5-9,11H2,1H3. The van der Waals surface area contributed by atoms with Crippen LogP contribution in [0.25, 0.3) is 0 Å². The SMILES string of the molecule is CCCN1CCC(O)(Cc2cc(Cl)ccc2F)CC1. The summed E-state index contributed by atoms with van der Waals surface area (Å²) >= 11 is 5.89. The zero-order valence-electron chi connectivity index (χ0n) is 11.3. The molecule has 1 aromatic carbocycles. The molecule has 0 atom stereocenters. The number of nitrogens with zero attached hydrogens (tertiary/aromatic N) is 1. The fourth-order valence-electron chi connectivity index (χ4n) is 2.72. The highest BCUT2D eigenvalue weighted by molar-refractivity contribution is 6.30. The van der Waals surface area contributed by atoms with Crippen LogP contribution in [0.5, 0.6) is 0 Å². The first-order valence-corrected chi connectivity index (χ1v) is 7.29. The Morgan fingerprint density at radius 3 is 2.68 bits per heavy atom. The van der Waals surface area contributed by atoms with Crippen molar-refractivity contribution >= 4 is 11.6 Å². The van der Waals surface area contributed by atoms with Gasteiger partial charge in [-0.25, -0.2) is 4.39 Å². The molecular weight excluding hydrogens is 265 g/mol. The number of halogens is 2. The molecule has 0 radical (unpaired) electrons. The van der Waals surface area contributed by atoms with Crippen molar-refractivity contribution in [3.05, 3.63) is 34.6 Å². The Bertz CT molecular complexity index is 430. The van der Waals surface area contributed by atoms with Crippen LogP contribution in [-0.4, -0.2) is 35.2 Å². The van der Waals surface area contributed by atoms with Crippen LogP contribution in [0.4, 0.5) is 4.39 Å². The zero-order chi connectivity index (χ0) is 13.9. The van der Waals surface area contributed by atoms with Crippen LogP contribution < -0.4 is 0 Å². The largest absolute Gasteiger partial charge is 0.389 e. The molecule has 0 spiro atoms. The second-order valence-electron chi connectivity index (χ2n) is 5.48. The minimum Gasteiger partial charge on any atom is -0.389 e. The lowest BCUT2D eigenvalue weighted by molar-refractivity contribution is -0.0210. The first-order chi connectivity index (χ1) is 9.02. The number of likely N-dealkylation sites (tertiary alicyclic amines) is 1. The topological polar surface area (TPSA) is 23.5 Å². The van der Waals surface area contributed by atoms with Crippen LogP contribution in [-0.2, 0) is 6.42 Å². The van der Waals surface area contributed by atoms with E-state index in [1.807, 2.05) is 0 Å². The lowest BCUT2D eigenvalue weighted by Crippen LogP contribution is -2.45. The van der Waals surface area contributed by atoms with E-state index < -0.39 is 5.60 Å². The number of benzene rings is 1. The summed E-state index contributed by atoms with van der Waals surface area (Å²) in [5.41, 5.74) is -0.283. The first-order valence-electron chi connectivity index (χ1n) is 6.91. The van der Waals surface area contributed by atoms with Crippen LogP contribution in [0.3, 0.4) is 0 Å². The zero-order valence-corrected chi connectivity index (χ0v) is 12.1. The van der Waals surface area contributed by atoms with E-state index in [1.54, 1.807) is 6.07 Å². The van der Waals surface area contributed by atoms with E-state index in [4.69, 9.17) is 11.6 Å². The van der Waals surface area contributed by atoms with Gasteiger partial charge in [0.1, 0.15) is 5.82 Å². The molecule has 4 heteroatoms. The Hall–Kier alpha value is -0.640. The molecule has 1 N–H and O–H groups in total. The maximum absolute atomic E-state index is 13.7. The Labute approximate surface area is 119 Å². The lowest BCUT2D eigenvalue weighted by Gasteiger charge is -2.38. The molecule has 0 amide bonds. The molecule has 1 saturated heterocycles. The summed E-state index contributed by atoms with van der Waals surface area (Å²) in [4.78, 5) is 2.35. The summed E-state index contributed by atoms with van der Waals surface area (Å²) in [7, 11) is 0. The van der Waals surface area contributed by atoms with Gasteiger partial charge in [-0.1, -0.05) is 18.5 Å². The highest BCUT2D eigenvalue weighted by Crippen LogP contribution is 2.28. The molecule has 0 unspecified atom stereocenters. The summed E-state index contributed by atoms with van der Waals surface area (Å²) in [6, 6.07) is 4.52. The maximum atomic E-state index is 13.7. The predicted molar refractivity (Wildman–Crippen MR) is 76.0 cm³/mol. The molecule has 2 rings (SSSR count). The van der Waals surface area contributed by atoms with E-state index in [1.165, 1.54) is 12.1 Å². The van der Waals surface area contributed by atoms with Crippen molar-refractivity contribution in [1.82, 2.24) is 4.90 Å². The van der Waals surface area contributed by atoms with Crippen LogP contribution in [0, 0.1) is 5.82 Å². The summed E-state index contributed by atoms with van der Waals surface area (Å²) in [5.74, 6) is -0.284. The Morgan fingerprint density at radius 1 is 1.37 bits per heavy atom. The van der Waals surface area contributed by atoms with Gasteiger partial charge in [-0.3, -0.25) is 0 Å². The lowest BCUT2D eigenvalue weighted by atomic mass is 9.85. The number of rotatable bonds is 4. The first kappa shape index (κ1) is 14.8. The molecule has 1 aliphatic rings. The van der Waals surface area contributed by atoms with Crippen molar-refractivity contribution in [2.75, 3.05) is 19.6 Å². The van der Waals surface area contributed by atoms with Gasteiger partial charge in [-0.15, -0.1) is 0 Å². The van der Waals surface area contributed by atoms with Gasteiger partial charge < -0.3 is 10.0 Å².